The van der Waals surface area contributed by atoms with Gasteiger partial charge in [0.1, 0.15) is 17.1 Å². The lowest BCUT2D eigenvalue weighted by Gasteiger charge is -2.06. The zero-order valence-corrected chi connectivity index (χ0v) is 17.6. The van der Waals surface area contributed by atoms with Crippen molar-refractivity contribution < 1.29 is 18.7 Å². The second-order valence-corrected chi connectivity index (χ2v) is 7.56. The molecule has 2 aromatic heterocycles. The molecule has 7 nitrogen and oxygen atoms in total. The molecule has 8 heteroatoms. The van der Waals surface area contributed by atoms with E-state index in [1.165, 1.54) is 17.4 Å². The highest BCUT2D eigenvalue weighted by molar-refractivity contribution is 7.14. The lowest BCUT2D eigenvalue weighted by Crippen LogP contribution is -2.20. The Morgan fingerprint density at radius 1 is 1.06 bits per heavy atom. The summed E-state index contributed by atoms with van der Waals surface area (Å²) in [6.45, 7) is 2.55. The summed E-state index contributed by atoms with van der Waals surface area (Å²) in [7, 11) is 0. The third kappa shape index (κ3) is 5.29. The van der Waals surface area contributed by atoms with E-state index in [1.54, 1.807) is 24.3 Å². The van der Waals surface area contributed by atoms with Gasteiger partial charge in [-0.25, -0.2) is 9.78 Å². The zero-order valence-electron chi connectivity index (χ0n) is 16.8. The molecule has 4 rings (SSSR count). The number of anilines is 1. The van der Waals surface area contributed by atoms with Crippen LogP contribution in [-0.4, -0.2) is 24.1 Å². The van der Waals surface area contributed by atoms with Crippen LogP contribution in [0.3, 0.4) is 0 Å². The number of amides is 1. The highest BCUT2D eigenvalue weighted by atomic mass is 32.1. The van der Waals surface area contributed by atoms with E-state index in [4.69, 9.17) is 13.9 Å². The minimum Gasteiger partial charge on any atom is -0.494 e. The molecular weight excluding hydrogens is 416 g/mol. The van der Waals surface area contributed by atoms with Crippen molar-refractivity contribution >= 4 is 33.3 Å². The predicted molar refractivity (Wildman–Crippen MR) is 120 cm³/mol. The van der Waals surface area contributed by atoms with E-state index in [-0.39, 0.29) is 12.5 Å². The van der Waals surface area contributed by atoms with Crippen molar-refractivity contribution in [1.29, 1.82) is 0 Å². The fraction of sp³-hybridized carbons (Fsp3) is 0.174. The number of ether oxygens (including phenoxy) is 2. The van der Waals surface area contributed by atoms with Crippen LogP contribution in [0, 0.1) is 0 Å². The van der Waals surface area contributed by atoms with Gasteiger partial charge in [-0.2, -0.15) is 0 Å². The Balaban J connectivity index is 1.34. The lowest BCUT2D eigenvalue weighted by atomic mass is 10.2. The van der Waals surface area contributed by atoms with E-state index in [1.807, 2.05) is 29.6 Å². The van der Waals surface area contributed by atoms with Gasteiger partial charge in [-0.1, -0.05) is 6.92 Å². The standard InChI is InChI=1S/C23H20N2O5S/c1-2-11-28-17-7-3-15(4-8-17)19-14-31-23(24-19)25-21(26)13-29-18-9-5-16-6-10-22(27)30-20(16)12-18/h3-10,12,14H,2,11,13H2,1H3,(H,24,25,26). The molecule has 0 unspecified atom stereocenters. The Kier molecular flexibility index (Phi) is 6.28. The summed E-state index contributed by atoms with van der Waals surface area (Å²) in [6, 6.07) is 15.8. The number of carbonyl (C=O) groups is 1. The number of rotatable bonds is 8. The molecular formula is C23H20N2O5S. The largest absolute Gasteiger partial charge is 0.494 e. The molecule has 0 aliphatic rings. The summed E-state index contributed by atoms with van der Waals surface area (Å²) >= 11 is 1.34. The molecule has 0 aliphatic heterocycles. The van der Waals surface area contributed by atoms with Crippen LogP contribution in [0.25, 0.3) is 22.2 Å². The minimum atomic E-state index is -0.440. The number of hydrogen-bond acceptors (Lipinski definition) is 7. The van der Waals surface area contributed by atoms with Crippen molar-refractivity contribution in [2.45, 2.75) is 13.3 Å². The van der Waals surface area contributed by atoms with E-state index in [2.05, 4.69) is 17.2 Å². The number of carbonyl (C=O) groups excluding carboxylic acids is 1. The lowest BCUT2D eigenvalue weighted by molar-refractivity contribution is -0.118. The molecule has 0 atom stereocenters. The van der Waals surface area contributed by atoms with Gasteiger partial charge in [0.15, 0.2) is 11.7 Å². The molecule has 4 aromatic rings. The highest BCUT2D eigenvalue weighted by Crippen LogP contribution is 2.26. The van der Waals surface area contributed by atoms with Gasteiger partial charge in [-0.05, 0) is 48.9 Å². The highest BCUT2D eigenvalue weighted by Gasteiger charge is 2.10. The van der Waals surface area contributed by atoms with Gasteiger partial charge < -0.3 is 13.9 Å². The molecule has 1 amide bonds. The Labute approximate surface area is 182 Å². The van der Waals surface area contributed by atoms with Gasteiger partial charge >= 0.3 is 5.63 Å². The van der Waals surface area contributed by atoms with E-state index >= 15 is 0 Å². The third-order valence-corrected chi connectivity index (χ3v) is 5.10. The van der Waals surface area contributed by atoms with E-state index < -0.39 is 5.63 Å². The molecule has 0 saturated carbocycles. The number of benzene rings is 2. The molecule has 1 N–H and O–H groups in total. The Morgan fingerprint density at radius 3 is 2.65 bits per heavy atom. The number of hydrogen-bond donors (Lipinski definition) is 1. The SMILES string of the molecule is CCCOc1ccc(-c2csc(NC(=O)COc3ccc4ccc(=O)oc4c3)n2)cc1. The van der Waals surface area contributed by atoms with Crippen molar-refractivity contribution in [1.82, 2.24) is 4.98 Å². The van der Waals surface area contributed by atoms with E-state index in [0.717, 1.165) is 28.8 Å². The Morgan fingerprint density at radius 2 is 1.84 bits per heavy atom. The van der Waals surface area contributed by atoms with Crippen molar-refractivity contribution in [3.63, 3.8) is 0 Å². The second-order valence-electron chi connectivity index (χ2n) is 6.70. The van der Waals surface area contributed by atoms with Crippen LogP contribution in [0.2, 0.25) is 0 Å². The first-order chi connectivity index (χ1) is 15.1. The van der Waals surface area contributed by atoms with Crippen LogP contribution in [0.4, 0.5) is 5.13 Å². The maximum absolute atomic E-state index is 12.2. The summed E-state index contributed by atoms with van der Waals surface area (Å²) in [5, 5.41) is 5.87. The Hall–Kier alpha value is -3.65. The fourth-order valence-electron chi connectivity index (χ4n) is 2.84. The van der Waals surface area contributed by atoms with Crippen molar-refractivity contribution in [3.05, 3.63) is 70.4 Å². The quantitative estimate of drug-likeness (QED) is 0.402. The molecule has 2 heterocycles. The molecule has 0 fully saturated rings. The maximum Gasteiger partial charge on any atom is 0.336 e. The van der Waals surface area contributed by atoms with Crippen LogP contribution in [0.5, 0.6) is 11.5 Å². The van der Waals surface area contributed by atoms with Crippen LogP contribution in [0.15, 0.2) is 69.2 Å². The molecule has 31 heavy (non-hydrogen) atoms. The fourth-order valence-corrected chi connectivity index (χ4v) is 3.58. The third-order valence-electron chi connectivity index (χ3n) is 4.34. The van der Waals surface area contributed by atoms with Gasteiger partial charge in [0.2, 0.25) is 0 Å². The normalized spacial score (nSPS) is 10.7. The first-order valence-corrected chi connectivity index (χ1v) is 10.6. The summed E-state index contributed by atoms with van der Waals surface area (Å²) < 4.78 is 16.2. The van der Waals surface area contributed by atoms with Gasteiger partial charge in [-0.3, -0.25) is 10.1 Å². The van der Waals surface area contributed by atoms with Crippen molar-refractivity contribution in [2.75, 3.05) is 18.5 Å². The topological polar surface area (TPSA) is 90.7 Å². The smallest absolute Gasteiger partial charge is 0.336 e. The number of thiazole rings is 1. The van der Waals surface area contributed by atoms with Crippen LogP contribution in [-0.2, 0) is 4.79 Å². The van der Waals surface area contributed by atoms with Crippen LogP contribution in [0.1, 0.15) is 13.3 Å². The van der Waals surface area contributed by atoms with Crippen LogP contribution >= 0.6 is 11.3 Å². The first-order valence-electron chi connectivity index (χ1n) is 9.76. The first kappa shape index (κ1) is 20.6. The van der Waals surface area contributed by atoms with E-state index in [9.17, 15) is 9.59 Å². The van der Waals surface area contributed by atoms with Crippen molar-refractivity contribution in [3.8, 4) is 22.8 Å². The predicted octanol–water partition coefficient (Wildman–Crippen LogP) is 4.72. The monoisotopic (exact) mass is 436 g/mol. The summed E-state index contributed by atoms with van der Waals surface area (Å²) in [4.78, 5) is 28.0. The van der Waals surface area contributed by atoms with Crippen molar-refractivity contribution in [2.24, 2.45) is 0 Å². The molecule has 158 valence electrons. The van der Waals surface area contributed by atoms with Gasteiger partial charge in [0.25, 0.3) is 5.91 Å². The molecule has 0 spiro atoms. The number of nitrogens with one attached hydrogen (secondary N) is 1. The number of fused-ring (bicyclic) bond motifs is 1. The number of aromatic nitrogens is 1. The van der Waals surface area contributed by atoms with Gasteiger partial charge in [0, 0.05) is 28.5 Å². The van der Waals surface area contributed by atoms with Gasteiger partial charge in [-0.15, -0.1) is 11.3 Å². The molecule has 0 aliphatic carbocycles. The number of nitrogens with zero attached hydrogens (tertiary/aromatic N) is 1. The molecule has 0 radical (unpaired) electrons. The van der Waals surface area contributed by atoms with Gasteiger partial charge in [0.05, 0.1) is 12.3 Å². The summed E-state index contributed by atoms with van der Waals surface area (Å²) in [5.41, 5.74) is 1.67. The molecule has 0 bridgehead atoms. The minimum absolute atomic E-state index is 0.194. The second kappa shape index (κ2) is 9.44. The van der Waals surface area contributed by atoms with Crippen LogP contribution < -0.4 is 20.4 Å². The Bertz CT molecular complexity index is 1250. The molecule has 2 aromatic carbocycles. The summed E-state index contributed by atoms with van der Waals surface area (Å²) in [5.74, 6) is 0.917. The summed E-state index contributed by atoms with van der Waals surface area (Å²) in [6.07, 6.45) is 0.956. The van der Waals surface area contributed by atoms with E-state index in [0.29, 0.717) is 23.1 Å². The maximum atomic E-state index is 12.2. The molecule has 0 saturated heterocycles. The average molecular weight is 436 g/mol. The average Bonchev–Trinajstić information content (AvgIpc) is 3.24. The zero-order chi connectivity index (χ0) is 21.6.